The van der Waals surface area contributed by atoms with Gasteiger partial charge in [-0.25, -0.2) is 0 Å². The van der Waals surface area contributed by atoms with Gasteiger partial charge in [0.05, 0.1) is 13.2 Å². The summed E-state index contributed by atoms with van der Waals surface area (Å²) < 4.78 is 0. The number of aliphatic hydroxyl groups is 2. The summed E-state index contributed by atoms with van der Waals surface area (Å²) in [6, 6.07) is 0. The molecule has 2 heterocycles. The first kappa shape index (κ1) is 15.9. The average Bonchev–Trinajstić information content (AvgIpc) is 2.43. The Kier molecular flexibility index (Phi) is 9.48. The number of rotatable bonds is 4. The minimum atomic E-state index is 0.319. The lowest BCUT2D eigenvalue weighted by atomic mass is 10.1. The number of nitrogens with zero attached hydrogens (tertiary/aromatic N) is 2. The van der Waals surface area contributed by atoms with E-state index >= 15 is 0 Å². The van der Waals surface area contributed by atoms with E-state index in [-0.39, 0.29) is 0 Å². The van der Waals surface area contributed by atoms with E-state index in [2.05, 4.69) is 9.80 Å². The van der Waals surface area contributed by atoms with Gasteiger partial charge in [-0.1, -0.05) is 12.8 Å². The molecule has 0 bridgehead atoms. The Hall–Kier alpha value is -0.160. The molecule has 2 N–H and O–H groups in total. The molecule has 4 nitrogen and oxygen atoms in total. The third-order valence-electron chi connectivity index (χ3n) is 3.73. The lowest BCUT2D eigenvalue weighted by Crippen LogP contribution is -2.31. The normalized spacial score (nSPS) is 22.3. The van der Waals surface area contributed by atoms with Crippen molar-refractivity contribution in [3.63, 3.8) is 0 Å². The van der Waals surface area contributed by atoms with Gasteiger partial charge in [0.25, 0.3) is 0 Å². The fourth-order valence-electron chi connectivity index (χ4n) is 2.65. The van der Waals surface area contributed by atoms with Crippen LogP contribution in [0.2, 0.25) is 0 Å². The average molecular weight is 258 g/mol. The second-order valence-electron chi connectivity index (χ2n) is 5.25. The van der Waals surface area contributed by atoms with E-state index in [9.17, 15) is 0 Å². The van der Waals surface area contributed by atoms with Crippen LogP contribution in [0, 0.1) is 0 Å². The first-order chi connectivity index (χ1) is 8.86. The third-order valence-corrected chi connectivity index (χ3v) is 3.73. The molecule has 18 heavy (non-hydrogen) atoms. The van der Waals surface area contributed by atoms with Gasteiger partial charge in [0, 0.05) is 13.1 Å². The molecule has 0 atom stereocenters. The highest BCUT2D eigenvalue weighted by Crippen LogP contribution is 2.07. The highest BCUT2D eigenvalue weighted by molar-refractivity contribution is 4.63. The van der Waals surface area contributed by atoms with Crippen LogP contribution in [0.15, 0.2) is 0 Å². The van der Waals surface area contributed by atoms with Crippen LogP contribution in [-0.2, 0) is 0 Å². The molecule has 2 rings (SSSR count). The van der Waals surface area contributed by atoms with Gasteiger partial charge >= 0.3 is 0 Å². The van der Waals surface area contributed by atoms with E-state index in [0.717, 1.165) is 13.1 Å². The highest BCUT2D eigenvalue weighted by atomic mass is 16.3. The van der Waals surface area contributed by atoms with Gasteiger partial charge < -0.3 is 20.0 Å². The number of likely N-dealkylation sites (tertiary alicyclic amines) is 2. The Morgan fingerprint density at radius 1 is 0.556 bits per heavy atom. The summed E-state index contributed by atoms with van der Waals surface area (Å²) in [6.45, 7) is 7.17. The number of piperidine rings is 2. The summed E-state index contributed by atoms with van der Waals surface area (Å²) in [5.74, 6) is 0. The first-order valence-electron chi connectivity index (χ1n) is 7.53. The van der Waals surface area contributed by atoms with Crippen LogP contribution in [0.1, 0.15) is 38.5 Å². The summed E-state index contributed by atoms with van der Waals surface area (Å²) in [5.41, 5.74) is 0. The van der Waals surface area contributed by atoms with Crippen molar-refractivity contribution in [2.24, 2.45) is 0 Å². The van der Waals surface area contributed by atoms with Crippen LogP contribution in [0.5, 0.6) is 0 Å². The maximum Gasteiger partial charge on any atom is 0.0558 e. The second-order valence-corrected chi connectivity index (χ2v) is 5.25. The molecule has 0 amide bonds. The van der Waals surface area contributed by atoms with Crippen LogP contribution < -0.4 is 0 Å². The summed E-state index contributed by atoms with van der Waals surface area (Å²) in [4.78, 5) is 4.65. The zero-order valence-corrected chi connectivity index (χ0v) is 11.7. The lowest BCUT2D eigenvalue weighted by Gasteiger charge is -2.25. The second kappa shape index (κ2) is 10.7. The summed E-state index contributed by atoms with van der Waals surface area (Å²) >= 11 is 0. The maximum atomic E-state index is 8.58. The van der Waals surface area contributed by atoms with Crippen LogP contribution in [0.3, 0.4) is 0 Å². The monoisotopic (exact) mass is 258 g/mol. The van der Waals surface area contributed by atoms with Gasteiger partial charge in [-0.05, 0) is 51.9 Å². The predicted molar refractivity (Wildman–Crippen MR) is 74.8 cm³/mol. The number of hydrogen-bond donors (Lipinski definition) is 2. The molecule has 108 valence electrons. The van der Waals surface area contributed by atoms with Crippen molar-refractivity contribution in [1.82, 2.24) is 9.80 Å². The first-order valence-corrected chi connectivity index (χ1v) is 7.53. The van der Waals surface area contributed by atoms with Crippen LogP contribution in [0.4, 0.5) is 0 Å². The predicted octanol–water partition coefficient (Wildman–Crippen LogP) is 0.929. The van der Waals surface area contributed by atoms with E-state index in [1.165, 1.54) is 64.7 Å². The Labute approximate surface area is 112 Å². The van der Waals surface area contributed by atoms with Gasteiger partial charge in [0.2, 0.25) is 0 Å². The molecule has 0 aromatic rings. The standard InChI is InChI=1S/2C7H15NO/c2*9-7-6-8-4-2-1-3-5-8/h2*9H,1-7H2. The van der Waals surface area contributed by atoms with Crippen molar-refractivity contribution in [3.8, 4) is 0 Å². The molecule has 2 aliphatic heterocycles. The molecule has 0 radical (unpaired) electrons. The number of hydrogen-bond acceptors (Lipinski definition) is 4. The fourth-order valence-corrected chi connectivity index (χ4v) is 2.65. The Morgan fingerprint density at radius 2 is 0.889 bits per heavy atom. The largest absolute Gasteiger partial charge is 0.395 e. The van der Waals surface area contributed by atoms with E-state index in [1.54, 1.807) is 0 Å². The maximum absolute atomic E-state index is 8.58. The zero-order chi connectivity index (χ0) is 13.1. The topological polar surface area (TPSA) is 46.9 Å². The van der Waals surface area contributed by atoms with Crippen molar-refractivity contribution in [2.45, 2.75) is 38.5 Å². The van der Waals surface area contributed by atoms with E-state index < -0.39 is 0 Å². The molecule has 0 unspecified atom stereocenters. The molecule has 0 aromatic heterocycles. The zero-order valence-electron chi connectivity index (χ0n) is 11.7. The van der Waals surface area contributed by atoms with E-state index in [0.29, 0.717) is 13.2 Å². The van der Waals surface area contributed by atoms with Gasteiger partial charge in [-0.2, -0.15) is 0 Å². The molecule has 2 aliphatic rings. The van der Waals surface area contributed by atoms with Crippen molar-refractivity contribution >= 4 is 0 Å². The Balaban J connectivity index is 0.000000180. The smallest absolute Gasteiger partial charge is 0.0558 e. The molecular weight excluding hydrogens is 228 g/mol. The molecule has 4 heteroatoms. The van der Waals surface area contributed by atoms with Gasteiger partial charge in [0.15, 0.2) is 0 Å². The summed E-state index contributed by atoms with van der Waals surface area (Å²) in [7, 11) is 0. The van der Waals surface area contributed by atoms with Crippen molar-refractivity contribution in [2.75, 3.05) is 52.5 Å². The number of aliphatic hydroxyl groups excluding tert-OH is 2. The van der Waals surface area contributed by atoms with Crippen molar-refractivity contribution in [1.29, 1.82) is 0 Å². The quantitative estimate of drug-likeness (QED) is 0.787. The Bertz CT molecular complexity index is 153. The molecular formula is C14H30N2O2. The molecule has 0 aromatic carbocycles. The van der Waals surface area contributed by atoms with Crippen LogP contribution >= 0.6 is 0 Å². The SMILES string of the molecule is OCCN1CCCCC1.OCCN1CCCCC1. The summed E-state index contributed by atoms with van der Waals surface area (Å²) in [6.07, 6.45) is 8.03. The minimum Gasteiger partial charge on any atom is -0.395 e. The van der Waals surface area contributed by atoms with Crippen LogP contribution in [0.25, 0.3) is 0 Å². The Morgan fingerprint density at radius 3 is 1.17 bits per heavy atom. The lowest BCUT2D eigenvalue weighted by molar-refractivity contribution is 0.173. The number of β-amino-alcohol motifs (C(OH)–C–C–N with tert-alkyl or cyclic N) is 2. The van der Waals surface area contributed by atoms with E-state index in [4.69, 9.17) is 10.2 Å². The van der Waals surface area contributed by atoms with Gasteiger partial charge in [-0.3, -0.25) is 0 Å². The van der Waals surface area contributed by atoms with Crippen LogP contribution in [-0.4, -0.2) is 72.5 Å². The van der Waals surface area contributed by atoms with Gasteiger partial charge in [0.1, 0.15) is 0 Å². The van der Waals surface area contributed by atoms with Crippen molar-refractivity contribution < 1.29 is 10.2 Å². The molecule has 2 fully saturated rings. The van der Waals surface area contributed by atoms with E-state index in [1.807, 2.05) is 0 Å². The highest BCUT2D eigenvalue weighted by Gasteiger charge is 2.08. The molecule has 0 saturated carbocycles. The summed E-state index contributed by atoms with van der Waals surface area (Å²) in [5, 5.41) is 17.2. The van der Waals surface area contributed by atoms with Crippen molar-refractivity contribution in [3.05, 3.63) is 0 Å². The minimum absolute atomic E-state index is 0.319. The fraction of sp³-hybridized carbons (Fsp3) is 1.00. The molecule has 2 saturated heterocycles. The van der Waals surface area contributed by atoms with Gasteiger partial charge in [-0.15, -0.1) is 0 Å². The molecule has 0 spiro atoms. The molecule has 0 aliphatic carbocycles. The third kappa shape index (κ3) is 7.31.